The molecule has 2 nitrogen and oxygen atoms in total. The summed E-state index contributed by atoms with van der Waals surface area (Å²) >= 11 is 0. The Kier molecular flexibility index (Phi) is 19.0. The van der Waals surface area contributed by atoms with Gasteiger partial charge in [-0.1, -0.05) is 124 Å². The van der Waals surface area contributed by atoms with Gasteiger partial charge < -0.3 is 31.8 Å². The predicted molar refractivity (Wildman–Crippen MR) is 161 cm³/mol. The molecule has 0 radical (unpaired) electrons. The van der Waals surface area contributed by atoms with Crippen LogP contribution in [-0.4, -0.2) is 17.4 Å². The number of carbonyl (C=O) groups is 1. The van der Waals surface area contributed by atoms with Crippen molar-refractivity contribution < 1.29 is 26.5 Å². The number of allylic oxidation sites excluding steroid dienone is 6. The fourth-order valence-corrected chi connectivity index (χ4v) is 5.08. The molecule has 190 valence electrons. The van der Waals surface area contributed by atoms with Gasteiger partial charge in [-0.25, -0.2) is 0 Å². The fourth-order valence-electron chi connectivity index (χ4n) is 5.08. The summed E-state index contributed by atoms with van der Waals surface area (Å²) in [5.41, 5.74) is 9.73. The van der Waals surface area contributed by atoms with Crippen molar-refractivity contribution in [1.82, 2.24) is 0 Å². The van der Waals surface area contributed by atoms with Crippen LogP contribution in [0.4, 0.5) is 0 Å². The molecule has 5 rings (SSSR count). The minimum Gasteiger partial charge on any atom is -0.671 e. The number of amides is 1. The SMILES string of the molecule is C1=CC2[CH-]C3CCCCC3C2C=C1.C=C(C(=C)c1ccccc1)c1ccccc1.[CH3-].[CH3-].[NH-]C=O.[SiH4].[Ti+4]. The second-order valence-electron chi connectivity index (χ2n) is 8.54. The van der Waals surface area contributed by atoms with Gasteiger partial charge in [-0.05, 0) is 39.2 Å². The predicted octanol–water partition coefficient (Wildman–Crippen LogP) is 7.42. The van der Waals surface area contributed by atoms with Crippen LogP contribution in [0.15, 0.2) is 98.1 Å². The molecule has 3 aliphatic carbocycles. The number of benzene rings is 2. The second kappa shape index (κ2) is 19.0. The fraction of sp³-hybridized carbons (Fsp3) is 0.250. The van der Waals surface area contributed by atoms with Crippen LogP contribution >= 0.6 is 0 Å². The average Bonchev–Trinajstić information content (AvgIpc) is 3.24. The number of nitrogens with one attached hydrogen (secondary N) is 1. The van der Waals surface area contributed by atoms with Gasteiger partial charge >= 0.3 is 21.7 Å². The number of hydrogen-bond acceptors (Lipinski definition) is 1. The van der Waals surface area contributed by atoms with Crippen molar-refractivity contribution >= 4 is 28.5 Å². The maximum Gasteiger partial charge on any atom is 4.00 e. The smallest absolute Gasteiger partial charge is 0.671 e. The van der Waals surface area contributed by atoms with Crippen molar-refractivity contribution in [3.8, 4) is 0 Å². The summed E-state index contributed by atoms with van der Waals surface area (Å²) < 4.78 is 0. The van der Waals surface area contributed by atoms with Crippen molar-refractivity contribution in [3.05, 3.63) is 136 Å². The summed E-state index contributed by atoms with van der Waals surface area (Å²) in [5, 5.41) is 0. The van der Waals surface area contributed by atoms with Crippen molar-refractivity contribution in [2.45, 2.75) is 25.7 Å². The normalized spacial score (nSPS) is 21.8. The Bertz CT molecular complexity index is 905. The topological polar surface area (TPSA) is 40.9 Å². The number of hydrogen-bond donors (Lipinski definition) is 0. The van der Waals surface area contributed by atoms with Gasteiger partial charge in [0.25, 0.3) is 0 Å². The summed E-state index contributed by atoms with van der Waals surface area (Å²) in [4.78, 5) is 8.47. The molecule has 4 atom stereocenters. The molecular formula is C32H43NOSiTi. The number of fused-ring (bicyclic) bond motifs is 3. The van der Waals surface area contributed by atoms with E-state index in [-0.39, 0.29) is 53.9 Å². The van der Waals surface area contributed by atoms with E-state index in [1.807, 2.05) is 36.4 Å². The number of carbonyl (C=O) groups excluding carboxylic acids is 1. The molecular weight excluding hydrogens is 490 g/mol. The zero-order valence-corrected chi connectivity index (χ0v) is 22.8. The first-order valence-electron chi connectivity index (χ1n) is 11.5. The van der Waals surface area contributed by atoms with Crippen LogP contribution in [0.5, 0.6) is 0 Å². The summed E-state index contributed by atoms with van der Waals surface area (Å²) in [7, 11) is 0. The molecule has 0 bridgehead atoms. The monoisotopic (exact) mass is 533 g/mol. The second-order valence-corrected chi connectivity index (χ2v) is 8.54. The van der Waals surface area contributed by atoms with Gasteiger partial charge in [-0.15, -0.1) is 12.0 Å². The molecule has 4 heteroatoms. The third-order valence-corrected chi connectivity index (χ3v) is 6.67. The van der Waals surface area contributed by atoms with E-state index >= 15 is 0 Å². The van der Waals surface area contributed by atoms with Gasteiger partial charge in [0, 0.05) is 6.41 Å². The Morgan fingerprint density at radius 3 is 1.78 bits per heavy atom. The number of rotatable bonds is 3. The molecule has 2 fully saturated rings. The Balaban J connectivity index is 0. The minimum atomic E-state index is 0. The molecule has 0 aromatic heterocycles. The molecule has 4 unspecified atom stereocenters. The standard InChI is InChI=1S/C16H14.C13H17.CH3NO.2CH3.H4Si.Ti/c1-13(15-9-5-3-6-10-15)14(2)16-11-7-4-8-12-16;1-3-7-12-10(5-1)9-11-6-2-4-8-13(11)12;2-1-3;;;;/h3-12H,1-2H2;1,3,5,7,9-13H,2,4,6,8H2;1H,(H2,2,3);2*1H3;1H4;/q;-1;;2*-1;;+4/p-1. The van der Waals surface area contributed by atoms with Gasteiger partial charge in [-0.3, -0.25) is 0 Å². The third-order valence-electron chi connectivity index (χ3n) is 6.67. The van der Waals surface area contributed by atoms with Crippen molar-refractivity contribution in [1.29, 1.82) is 0 Å². The van der Waals surface area contributed by atoms with Crippen LogP contribution in [0.25, 0.3) is 16.9 Å². The van der Waals surface area contributed by atoms with Crippen LogP contribution in [-0.2, 0) is 26.5 Å². The van der Waals surface area contributed by atoms with Gasteiger partial charge in [-0.2, -0.15) is 5.92 Å². The first kappa shape index (κ1) is 36.0. The summed E-state index contributed by atoms with van der Waals surface area (Å²) in [6, 6.07) is 20.3. The Morgan fingerprint density at radius 2 is 1.28 bits per heavy atom. The van der Waals surface area contributed by atoms with Crippen LogP contribution < -0.4 is 0 Å². The molecule has 0 saturated heterocycles. The molecule has 0 heterocycles. The Hall–Kier alpha value is -2.20. The van der Waals surface area contributed by atoms with Crippen LogP contribution in [0.3, 0.4) is 0 Å². The summed E-state index contributed by atoms with van der Waals surface area (Å²) in [6.07, 6.45) is 17.8. The van der Waals surface area contributed by atoms with Gasteiger partial charge in [0.05, 0.1) is 0 Å². The Morgan fingerprint density at radius 1 is 0.833 bits per heavy atom. The molecule has 3 aliphatic rings. The van der Waals surface area contributed by atoms with E-state index in [0.717, 1.165) is 45.9 Å². The van der Waals surface area contributed by atoms with Crippen molar-refractivity contribution in [3.63, 3.8) is 0 Å². The van der Waals surface area contributed by atoms with E-state index < -0.39 is 0 Å². The Labute approximate surface area is 239 Å². The molecule has 2 aromatic rings. The van der Waals surface area contributed by atoms with Crippen LogP contribution in [0, 0.1) is 44.9 Å². The maximum atomic E-state index is 8.47. The van der Waals surface area contributed by atoms with Gasteiger partial charge in [0.2, 0.25) is 0 Å². The zero-order chi connectivity index (χ0) is 22.8. The first-order chi connectivity index (χ1) is 15.7. The van der Waals surface area contributed by atoms with Crippen molar-refractivity contribution in [2.24, 2.45) is 23.7 Å². The molecule has 2 aromatic carbocycles. The van der Waals surface area contributed by atoms with E-state index in [1.54, 1.807) is 0 Å². The maximum absolute atomic E-state index is 8.47. The molecule has 0 spiro atoms. The van der Waals surface area contributed by atoms with E-state index in [9.17, 15) is 0 Å². The van der Waals surface area contributed by atoms with E-state index in [4.69, 9.17) is 10.5 Å². The summed E-state index contributed by atoms with van der Waals surface area (Å²) in [6.45, 7) is 8.20. The van der Waals surface area contributed by atoms with E-state index in [0.29, 0.717) is 0 Å². The molecule has 1 N–H and O–H groups in total. The van der Waals surface area contributed by atoms with Gasteiger partial charge in [0.1, 0.15) is 0 Å². The molecule has 2 saturated carbocycles. The zero-order valence-electron chi connectivity index (χ0n) is 21.2. The van der Waals surface area contributed by atoms with Crippen LogP contribution in [0.1, 0.15) is 36.8 Å². The van der Waals surface area contributed by atoms with Gasteiger partial charge in [0.15, 0.2) is 0 Å². The third kappa shape index (κ3) is 9.69. The average molecular weight is 534 g/mol. The molecule has 36 heavy (non-hydrogen) atoms. The molecule has 0 aliphatic heterocycles. The first-order valence-corrected chi connectivity index (χ1v) is 11.5. The minimum absolute atomic E-state index is 0. The van der Waals surface area contributed by atoms with Crippen LogP contribution in [0.2, 0.25) is 0 Å². The van der Waals surface area contributed by atoms with Crippen molar-refractivity contribution in [2.75, 3.05) is 0 Å². The quantitative estimate of drug-likeness (QED) is 0.175. The largest absolute Gasteiger partial charge is 4.00 e. The summed E-state index contributed by atoms with van der Waals surface area (Å²) in [5.74, 6) is 3.56. The van der Waals surface area contributed by atoms with E-state index in [2.05, 4.69) is 68.1 Å². The molecule has 1 amide bonds. The van der Waals surface area contributed by atoms with E-state index in [1.165, 1.54) is 25.7 Å².